The van der Waals surface area contributed by atoms with Crippen LogP contribution in [-0.2, 0) is 22.8 Å². The molecule has 2 aromatic heterocycles. The number of nitrogens with one attached hydrogen (secondary N) is 1. The zero-order chi connectivity index (χ0) is 26.6. The lowest BCUT2D eigenvalue weighted by atomic mass is 10.1. The summed E-state index contributed by atoms with van der Waals surface area (Å²) in [5.41, 5.74) is 0.361. The van der Waals surface area contributed by atoms with Crippen molar-refractivity contribution in [1.29, 1.82) is 0 Å². The van der Waals surface area contributed by atoms with Gasteiger partial charge in [0.05, 0.1) is 11.3 Å². The second kappa shape index (κ2) is 10.5. The Kier molecular flexibility index (Phi) is 7.43. The van der Waals surface area contributed by atoms with Gasteiger partial charge in [0.1, 0.15) is 17.3 Å². The second-order valence-electron chi connectivity index (χ2n) is 8.52. The van der Waals surface area contributed by atoms with Crippen LogP contribution in [-0.4, -0.2) is 40.6 Å². The molecule has 0 saturated heterocycles. The van der Waals surface area contributed by atoms with Gasteiger partial charge in [-0.3, -0.25) is 9.29 Å². The predicted octanol–water partition coefficient (Wildman–Crippen LogP) is 4.71. The Morgan fingerprint density at radius 2 is 1.84 bits per heavy atom. The average Bonchev–Trinajstić information content (AvgIpc) is 3.41. The smallest absolute Gasteiger partial charge is 0.416 e. The number of sulfonamides is 1. The standard InChI is InChI=1S/C24H23F3N6O3S/c1-16(2)14-33(37(34,35)20-4-3-11-28-13-20)21-10-9-19(24(25,26)27)12-22(21)36-15-17-5-7-18(8-6-17)23-29-31-32-30-23/h3-13,16H,14-15H2,1-2H3,(H,29,30,31,32). The molecular formula is C24H23F3N6O3S. The van der Waals surface area contributed by atoms with Crippen LogP contribution in [0, 0.1) is 5.92 Å². The SMILES string of the molecule is CC(C)CN(c1ccc(C(F)(F)F)cc1OCc1ccc(-c2nn[nH]n2)cc1)S(=O)(=O)c1cccnc1. The van der Waals surface area contributed by atoms with Crippen LogP contribution >= 0.6 is 0 Å². The highest BCUT2D eigenvalue weighted by atomic mass is 32.2. The number of aromatic nitrogens is 5. The van der Waals surface area contributed by atoms with Crippen LogP contribution in [0.1, 0.15) is 25.0 Å². The number of anilines is 1. The van der Waals surface area contributed by atoms with E-state index in [1.165, 1.54) is 24.5 Å². The highest BCUT2D eigenvalue weighted by Gasteiger charge is 2.34. The topological polar surface area (TPSA) is 114 Å². The van der Waals surface area contributed by atoms with E-state index in [4.69, 9.17) is 4.74 Å². The maximum Gasteiger partial charge on any atom is 0.416 e. The summed E-state index contributed by atoms with van der Waals surface area (Å²) in [5, 5.41) is 13.6. The van der Waals surface area contributed by atoms with Crippen LogP contribution in [0.15, 0.2) is 71.9 Å². The van der Waals surface area contributed by atoms with E-state index in [0.29, 0.717) is 17.0 Å². The quantitative estimate of drug-likeness (QED) is 0.332. The van der Waals surface area contributed by atoms with Gasteiger partial charge in [-0.05, 0) is 47.0 Å². The first kappa shape index (κ1) is 26.1. The molecule has 0 atom stereocenters. The van der Waals surface area contributed by atoms with Crippen molar-refractivity contribution in [3.63, 3.8) is 0 Å². The van der Waals surface area contributed by atoms with Crippen LogP contribution < -0.4 is 9.04 Å². The number of H-pyrrole nitrogens is 1. The minimum atomic E-state index is -4.64. The molecule has 0 aliphatic rings. The first-order valence-corrected chi connectivity index (χ1v) is 12.6. The third-order valence-electron chi connectivity index (χ3n) is 5.26. The van der Waals surface area contributed by atoms with E-state index >= 15 is 0 Å². The van der Waals surface area contributed by atoms with E-state index in [1.54, 1.807) is 24.3 Å². The Bertz CT molecular complexity index is 1430. The number of benzene rings is 2. The number of hydrogen-bond donors (Lipinski definition) is 1. The molecule has 4 aromatic rings. The summed E-state index contributed by atoms with van der Waals surface area (Å²) in [7, 11) is -4.15. The number of hydrogen-bond acceptors (Lipinski definition) is 7. The molecule has 2 heterocycles. The van der Waals surface area contributed by atoms with Crippen LogP contribution in [0.3, 0.4) is 0 Å². The lowest BCUT2D eigenvalue weighted by Gasteiger charge is -2.28. The minimum Gasteiger partial charge on any atom is -0.487 e. The summed E-state index contributed by atoms with van der Waals surface area (Å²) >= 11 is 0. The van der Waals surface area contributed by atoms with Crippen LogP contribution in [0.25, 0.3) is 11.4 Å². The fraction of sp³-hybridized carbons (Fsp3) is 0.250. The van der Waals surface area contributed by atoms with Gasteiger partial charge in [-0.15, -0.1) is 10.2 Å². The first-order chi connectivity index (χ1) is 17.6. The van der Waals surface area contributed by atoms with E-state index in [-0.39, 0.29) is 35.4 Å². The van der Waals surface area contributed by atoms with Crippen molar-refractivity contribution in [2.45, 2.75) is 31.5 Å². The van der Waals surface area contributed by atoms with Crippen LogP contribution in [0.4, 0.5) is 18.9 Å². The van der Waals surface area contributed by atoms with Crippen molar-refractivity contribution in [1.82, 2.24) is 25.6 Å². The van der Waals surface area contributed by atoms with Crippen LogP contribution in [0.2, 0.25) is 0 Å². The van der Waals surface area contributed by atoms with Gasteiger partial charge in [-0.25, -0.2) is 8.42 Å². The lowest BCUT2D eigenvalue weighted by Crippen LogP contribution is -2.34. The summed E-state index contributed by atoms with van der Waals surface area (Å²) in [6.07, 6.45) is -2.02. The van der Waals surface area contributed by atoms with Crippen molar-refractivity contribution in [3.05, 3.63) is 78.1 Å². The molecule has 1 N–H and O–H groups in total. The summed E-state index contributed by atoms with van der Waals surface area (Å²) < 4.78 is 74.5. The summed E-state index contributed by atoms with van der Waals surface area (Å²) in [6.45, 7) is 3.52. The van der Waals surface area contributed by atoms with E-state index in [9.17, 15) is 21.6 Å². The monoisotopic (exact) mass is 532 g/mol. The molecule has 0 spiro atoms. The molecule has 4 rings (SSSR count). The molecular weight excluding hydrogens is 509 g/mol. The molecule has 0 unspecified atom stereocenters. The van der Waals surface area contributed by atoms with Crippen molar-refractivity contribution in [2.75, 3.05) is 10.8 Å². The Hall–Kier alpha value is -4.00. The number of rotatable bonds is 9. The largest absolute Gasteiger partial charge is 0.487 e. The molecule has 2 aromatic carbocycles. The van der Waals surface area contributed by atoms with E-state index in [2.05, 4.69) is 25.6 Å². The highest BCUT2D eigenvalue weighted by Crippen LogP contribution is 2.39. The van der Waals surface area contributed by atoms with Gasteiger partial charge in [0.2, 0.25) is 5.82 Å². The van der Waals surface area contributed by atoms with Crippen molar-refractivity contribution >= 4 is 15.7 Å². The fourth-order valence-corrected chi connectivity index (χ4v) is 5.10. The van der Waals surface area contributed by atoms with Crippen molar-refractivity contribution in [3.8, 4) is 17.1 Å². The Labute approximate surface area is 211 Å². The number of tetrazole rings is 1. The van der Waals surface area contributed by atoms with Gasteiger partial charge < -0.3 is 4.74 Å². The third kappa shape index (κ3) is 6.05. The molecule has 13 heteroatoms. The van der Waals surface area contributed by atoms with E-state index in [1.807, 2.05) is 13.8 Å². The van der Waals surface area contributed by atoms with Gasteiger partial charge in [0.25, 0.3) is 10.0 Å². The molecule has 0 fully saturated rings. The van der Waals surface area contributed by atoms with Gasteiger partial charge in [-0.2, -0.15) is 18.4 Å². The number of aromatic amines is 1. The summed E-state index contributed by atoms with van der Waals surface area (Å²) in [5.74, 6) is 0.0297. The molecule has 0 saturated carbocycles. The molecule has 0 aliphatic carbocycles. The normalized spacial score (nSPS) is 12.1. The molecule has 0 bridgehead atoms. The number of halogens is 3. The Morgan fingerprint density at radius 3 is 2.43 bits per heavy atom. The predicted molar refractivity (Wildman–Crippen MR) is 129 cm³/mol. The van der Waals surface area contributed by atoms with Crippen LogP contribution in [0.5, 0.6) is 5.75 Å². The molecule has 37 heavy (non-hydrogen) atoms. The van der Waals surface area contributed by atoms with Crippen molar-refractivity contribution < 1.29 is 26.3 Å². The number of nitrogens with zero attached hydrogens (tertiary/aromatic N) is 5. The van der Waals surface area contributed by atoms with Gasteiger partial charge in [-0.1, -0.05) is 38.1 Å². The molecule has 0 amide bonds. The first-order valence-electron chi connectivity index (χ1n) is 11.2. The lowest BCUT2D eigenvalue weighted by molar-refractivity contribution is -0.137. The summed E-state index contributed by atoms with van der Waals surface area (Å²) in [6, 6.07) is 12.5. The molecule has 0 radical (unpaired) electrons. The zero-order valence-electron chi connectivity index (χ0n) is 19.8. The Balaban J connectivity index is 1.71. The average molecular weight is 533 g/mol. The molecule has 194 valence electrons. The minimum absolute atomic E-state index is 0.00558. The van der Waals surface area contributed by atoms with Gasteiger partial charge in [0.15, 0.2) is 0 Å². The number of pyridine rings is 1. The van der Waals surface area contributed by atoms with Crippen molar-refractivity contribution in [2.24, 2.45) is 5.92 Å². The van der Waals surface area contributed by atoms with Gasteiger partial charge in [0, 0.05) is 24.5 Å². The second-order valence-corrected chi connectivity index (χ2v) is 10.4. The zero-order valence-corrected chi connectivity index (χ0v) is 20.7. The third-order valence-corrected chi connectivity index (χ3v) is 7.02. The summed E-state index contributed by atoms with van der Waals surface area (Å²) in [4.78, 5) is 3.79. The maximum atomic E-state index is 13.5. The maximum absolute atomic E-state index is 13.5. The fourth-order valence-electron chi connectivity index (χ4n) is 3.49. The number of alkyl halides is 3. The molecule has 0 aliphatic heterocycles. The van der Waals surface area contributed by atoms with Gasteiger partial charge >= 0.3 is 6.18 Å². The highest BCUT2D eigenvalue weighted by molar-refractivity contribution is 7.92. The van der Waals surface area contributed by atoms with E-state index < -0.39 is 21.8 Å². The Morgan fingerprint density at radius 1 is 1.08 bits per heavy atom. The number of ether oxygens (including phenoxy) is 1. The molecule has 9 nitrogen and oxygen atoms in total. The van der Waals surface area contributed by atoms with E-state index in [0.717, 1.165) is 22.5 Å².